The summed E-state index contributed by atoms with van der Waals surface area (Å²) in [5.41, 5.74) is 1.96. The quantitative estimate of drug-likeness (QED) is 0.752. The Bertz CT molecular complexity index is 552. The normalized spacial score (nSPS) is 19.0. The van der Waals surface area contributed by atoms with E-state index in [1.165, 1.54) is 0 Å². The van der Waals surface area contributed by atoms with Gasteiger partial charge >= 0.3 is 0 Å². The Morgan fingerprint density at radius 3 is 2.71 bits per heavy atom. The Balaban J connectivity index is 2.42. The van der Waals surface area contributed by atoms with Gasteiger partial charge in [-0.25, -0.2) is 0 Å². The first-order valence-electron chi connectivity index (χ1n) is 7.33. The van der Waals surface area contributed by atoms with Crippen molar-refractivity contribution in [2.24, 2.45) is 7.05 Å². The van der Waals surface area contributed by atoms with Crippen LogP contribution in [0.15, 0.2) is 0 Å². The first-order valence-corrected chi connectivity index (χ1v) is 7.33. The molecule has 116 valence electrons. The lowest BCUT2D eigenvalue weighted by Crippen LogP contribution is -2.58. The van der Waals surface area contributed by atoms with E-state index >= 15 is 0 Å². The van der Waals surface area contributed by atoms with Gasteiger partial charge in [0.15, 0.2) is 0 Å². The van der Waals surface area contributed by atoms with Gasteiger partial charge in [0.05, 0.1) is 12.2 Å². The summed E-state index contributed by atoms with van der Waals surface area (Å²) in [7, 11) is 1.85. The van der Waals surface area contributed by atoms with Gasteiger partial charge in [0.1, 0.15) is 11.9 Å². The van der Waals surface area contributed by atoms with E-state index in [4.69, 9.17) is 0 Å². The molecule has 2 rings (SSSR count). The van der Waals surface area contributed by atoms with E-state index in [2.05, 4.69) is 15.7 Å². The summed E-state index contributed by atoms with van der Waals surface area (Å²) in [6.07, 6.45) is 0.643. The van der Waals surface area contributed by atoms with E-state index in [-0.39, 0.29) is 24.4 Å². The fourth-order valence-corrected chi connectivity index (χ4v) is 2.80. The molecule has 7 nitrogen and oxygen atoms in total. The van der Waals surface area contributed by atoms with Gasteiger partial charge in [-0.3, -0.25) is 19.6 Å². The summed E-state index contributed by atoms with van der Waals surface area (Å²) < 4.78 is 1.76. The minimum atomic E-state index is -0.335. The van der Waals surface area contributed by atoms with Crippen LogP contribution in [-0.2, 0) is 23.2 Å². The number of nitrogens with one attached hydrogen (secondary N) is 2. The lowest BCUT2D eigenvalue weighted by atomic mass is 10.1. The van der Waals surface area contributed by atoms with E-state index in [1.54, 1.807) is 4.68 Å². The zero-order chi connectivity index (χ0) is 15.6. The highest BCUT2D eigenvalue weighted by molar-refractivity contribution is 6.04. The van der Waals surface area contributed by atoms with Crippen molar-refractivity contribution in [1.82, 2.24) is 20.4 Å². The van der Waals surface area contributed by atoms with Crippen molar-refractivity contribution in [3.8, 4) is 0 Å². The molecule has 0 saturated carbocycles. The van der Waals surface area contributed by atoms with Gasteiger partial charge < -0.3 is 10.2 Å². The van der Waals surface area contributed by atoms with Crippen molar-refractivity contribution < 1.29 is 9.59 Å². The maximum Gasteiger partial charge on any atom is 0.249 e. The van der Waals surface area contributed by atoms with Crippen LogP contribution < -0.4 is 15.5 Å². The fraction of sp³-hybridized carbons (Fsp3) is 0.643. The van der Waals surface area contributed by atoms with E-state index in [1.807, 2.05) is 32.7 Å². The minimum Gasteiger partial charge on any atom is -0.335 e. The minimum absolute atomic E-state index is 0.183. The number of amides is 2. The predicted octanol–water partition coefficient (Wildman–Crippen LogP) is 0.0794. The number of anilines is 1. The van der Waals surface area contributed by atoms with Gasteiger partial charge in [-0.2, -0.15) is 5.10 Å². The van der Waals surface area contributed by atoms with Crippen LogP contribution in [0.1, 0.15) is 31.5 Å². The summed E-state index contributed by atoms with van der Waals surface area (Å²) in [5, 5.41) is 10.1. The molecule has 1 aromatic heterocycles. The van der Waals surface area contributed by atoms with Crippen molar-refractivity contribution in [1.29, 1.82) is 0 Å². The average molecular weight is 293 g/mol. The molecule has 0 aliphatic carbocycles. The molecule has 1 fully saturated rings. The number of imide groups is 1. The van der Waals surface area contributed by atoms with Crippen LogP contribution in [0.4, 0.5) is 5.82 Å². The number of piperazine rings is 1. The number of aryl methyl sites for hydroxylation is 2. The third-order valence-electron chi connectivity index (χ3n) is 3.78. The average Bonchev–Trinajstić information content (AvgIpc) is 2.69. The van der Waals surface area contributed by atoms with Crippen LogP contribution in [0.2, 0.25) is 0 Å². The Labute approximate surface area is 124 Å². The van der Waals surface area contributed by atoms with Crippen molar-refractivity contribution in [2.75, 3.05) is 18.0 Å². The van der Waals surface area contributed by atoms with E-state index in [0.717, 1.165) is 23.6 Å². The first kappa shape index (κ1) is 15.5. The molecular formula is C14H23N5O2. The lowest BCUT2D eigenvalue weighted by molar-refractivity contribution is -0.132. The number of carbonyl (C=O) groups excluding carboxylic acids is 2. The van der Waals surface area contributed by atoms with E-state index in [9.17, 15) is 9.59 Å². The Kier molecular flexibility index (Phi) is 4.62. The lowest BCUT2D eigenvalue weighted by Gasteiger charge is -2.35. The van der Waals surface area contributed by atoms with Crippen LogP contribution in [0, 0.1) is 6.92 Å². The smallest absolute Gasteiger partial charge is 0.249 e. The van der Waals surface area contributed by atoms with Crippen LogP contribution in [0.3, 0.4) is 0 Å². The number of carbonyl (C=O) groups is 2. The molecule has 2 heterocycles. The molecule has 1 aromatic rings. The van der Waals surface area contributed by atoms with Crippen LogP contribution in [0.5, 0.6) is 0 Å². The molecule has 1 unspecified atom stereocenters. The van der Waals surface area contributed by atoms with Gasteiger partial charge in [0.2, 0.25) is 11.8 Å². The molecule has 2 N–H and O–H groups in total. The van der Waals surface area contributed by atoms with Crippen molar-refractivity contribution >= 4 is 17.6 Å². The highest BCUT2D eigenvalue weighted by Crippen LogP contribution is 2.27. The van der Waals surface area contributed by atoms with Crippen molar-refractivity contribution in [2.45, 2.75) is 39.8 Å². The van der Waals surface area contributed by atoms with Gasteiger partial charge in [-0.1, -0.05) is 13.8 Å². The molecule has 2 amide bonds. The van der Waals surface area contributed by atoms with Gasteiger partial charge in [-0.15, -0.1) is 0 Å². The maximum absolute atomic E-state index is 12.0. The molecular weight excluding hydrogens is 270 g/mol. The maximum atomic E-state index is 12.0. The summed E-state index contributed by atoms with van der Waals surface area (Å²) in [5.74, 6) is 0.350. The largest absolute Gasteiger partial charge is 0.335 e. The third kappa shape index (κ3) is 2.92. The number of hydrogen-bond acceptors (Lipinski definition) is 5. The molecule has 7 heteroatoms. The van der Waals surface area contributed by atoms with E-state index in [0.29, 0.717) is 13.0 Å². The number of aromatic nitrogens is 2. The van der Waals surface area contributed by atoms with Crippen molar-refractivity contribution in [3.63, 3.8) is 0 Å². The second-order valence-electron chi connectivity index (χ2n) is 5.26. The third-order valence-corrected chi connectivity index (χ3v) is 3.78. The molecule has 0 spiro atoms. The number of hydrogen-bond donors (Lipinski definition) is 2. The molecule has 0 radical (unpaired) electrons. The molecule has 0 aromatic carbocycles. The fourth-order valence-electron chi connectivity index (χ4n) is 2.80. The molecule has 1 aliphatic rings. The molecule has 1 atom stereocenters. The van der Waals surface area contributed by atoms with Gasteiger partial charge in [0.25, 0.3) is 0 Å². The SMILES string of the molecule is CCNCc1c(C)nn(C)c1N1CC(=O)NC(=O)C1CC. The van der Waals surface area contributed by atoms with Crippen LogP contribution >= 0.6 is 0 Å². The molecule has 1 saturated heterocycles. The molecule has 0 bridgehead atoms. The Morgan fingerprint density at radius 2 is 2.10 bits per heavy atom. The summed E-state index contributed by atoms with van der Waals surface area (Å²) in [6.45, 7) is 7.64. The topological polar surface area (TPSA) is 79.3 Å². The summed E-state index contributed by atoms with van der Waals surface area (Å²) >= 11 is 0. The molecule has 1 aliphatic heterocycles. The number of rotatable bonds is 5. The Morgan fingerprint density at radius 1 is 1.38 bits per heavy atom. The molecule has 21 heavy (non-hydrogen) atoms. The zero-order valence-electron chi connectivity index (χ0n) is 13.1. The monoisotopic (exact) mass is 293 g/mol. The predicted molar refractivity (Wildman–Crippen MR) is 79.9 cm³/mol. The highest BCUT2D eigenvalue weighted by atomic mass is 16.2. The second kappa shape index (κ2) is 6.26. The van der Waals surface area contributed by atoms with Gasteiger partial charge in [0, 0.05) is 19.2 Å². The standard InChI is InChI=1S/C14H23N5O2/c1-5-11-13(21)16-12(20)8-19(11)14-10(7-15-6-2)9(3)17-18(14)4/h11,15H,5-8H2,1-4H3,(H,16,20,21). The van der Waals surface area contributed by atoms with Crippen LogP contribution in [0.25, 0.3) is 0 Å². The van der Waals surface area contributed by atoms with Crippen molar-refractivity contribution in [3.05, 3.63) is 11.3 Å². The summed E-state index contributed by atoms with van der Waals surface area (Å²) in [4.78, 5) is 25.7. The van der Waals surface area contributed by atoms with Gasteiger partial charge in [-0.05, 0) is 19.9 Å². The van der Waals surface area contributed by atoms with E-state index < -0.39 is 0 Å². The second-order valence-corrected chi connectivity index (χ2v) is 5.26. The number of nitrogens with zero attached hydrogens (tertiary/aromatic N) is 3. The highest BCUT2D eigenvalue weighted by Gasteiger charge is 2.35. The van der Waals surface area contributed by atoms with Crippen LogP contribution in [-0.4, -0.2) is 40.7 Å². The zero-order valence-corrected chi connectivity index (χ0v) is 13.1. The Hall–Kier alpha value is -1.89. The summed E-state index contributed by atoms with van der Waals surface area (Å²) in [6, 6.07) is -0.335. The first-order chi connectivity index (χ1) is 9.99.